The summed E-state index contributed by atoms with van der Waals surface area (Å²) < 4.78 is 38.2. The summed E-state index contributed by atoms with van der Waals surface area (Å²) in [5.74, 6) is -1.85. The van der Waals surface area contributed by atoms with E-state index in [1.165, 1.54) is 18.2 Å². The van der Waals surface area contributed by atoms with Crippen molar-refractivity contribution in [2.45, 2.75) is 44.9 Å². The smallest absolute Gasteiger partial charge is 0.406 e. The topological polar surface area (TPSA) is 104 Å². The van der Waals surface area contributed by atoms with E-state index in [1.54, 1.807) is 0 Å². The monoisotopic (exact) mass is 373 g/mol. The molecule has 7 nitrogen and oxygen atoms in total. The van der Waals surface area contributed by atoms with Crippen molar-refractivity contribution in [1.82, 2.24) is 14.9 Å². The molecule has 0 aliphatic carbocycles. The van der Waals surface area contributed by atoms with Crippen LogP contribution in [0.1, 0.15) is 36.5 Å². The second kappa shape index (κ2) is 7.63. The summed E-state index contributed by atoms with van der Waals surface area (Å²) in [6.07, 6.45) is -2.93. The molecule has 2 rings (SSSR count). The number of aromatic nitrogens is 2. The Morgan fingerprint density at radius 3 is 2.62 bits per heavy atom. The Hall–Kier alpha value is -2.78. The van der Waals surface area contributed by atoms with Crippen LogP contribution in [0, 0.1) is 0 Å². The van der Waals surface area contributed by atoms with Crippen LogP contribution in [0.5, 0.6) is 0 Å². The molecule has 0 radical (unpaired) electrons. The predicted molar refractivity (Wildman–Crippen MR) is 87.0 cm³/mol. The molecule has 1 aromatic heterocycles. The second-order valence-electron chi connectivity index (χ2n) is 5.87. The van der Waals surface area contributed by atoms with E-state index in [0.29, 0.717) is 11.0 Å². The number of hydrogen-bond acceptors (Lipinski definition) is 3. The number of carbonyl (C=O) groups excluding carboxylic acids is 1. The number of aliphatic carboxylic acids is 1. The van der Waals surface area contributed by atoms with Crippen LogP contribution in [-0.2, 0) is 11.3 Å². The number of H-pyrrole nitrogens is 1. The normalized spacial score (nSPS) is 12.9. The Morgan fingerprint density at radius 2 is 2.04 bits per heavy atom. The molecule has 1 aromatic carbocycles. The fourth-order valence-corrected chi connectivity index (χ4v) is 2.55. The fourth-order valence-electron chi connectivity index (χ4n) is 2.55. The maximum atomic E-state index is 12.6. The zero-order chi connectivity index (χ0) is 19.5. The molecule has 26 heavy (non-hydrogen) atoms. The SMILES string of the molecule is CCCC[C@H](NC(=O)c1ccc2c(c1)[nH]c(=O)n2CC(F)(F)F)C(=O)O. The number of unbranched alkanes of at least 4 members (excludes halogenated alkanes) is 1. The fraction of sp³-hybridized carbons (Fsp3) is 0.438. The van der Waals surface area contributed by atoms with Crippen LogP contribution >= 0.6 is 0 Å². The van der Waals surface area contributed by atoms with E-state index in [2.05, 4.69) is 10.3 Å². The molecule has 0 saturated heterocycles. The van der Waals surface area contributed by atoms with Crippen LogP contribution in [0.25, 0.3) is 11.0 Å². The van der Waals surface area contributed by atoms with Gasteiger partial charge >= 0.3 is 17.8 Å². The van der Waals surface area contributed by atoms with Crippen LogP contribution in [0.2, 0.25) is 0 Å². The van der Waals surface area contributed by atoms with Gasteiger partial charge in [-0.05, 0) is 24.6 Å². The first-order valence-corrected chi connectivity index (χ1v) is 7.95. The molecule has 1 amide bonds. The molecule has 0 bridgehead atoms. The zero-order valence-corrected chi connectivity index (χ0v) is 13.9. The van der Waals surface area contributed by atoms with Crippen molar-refractivity contribution in [3.63, 3.8) is 0 Å². The summed E-state index contributed by atoms with van der Waals surface area (Å²) in [4.78, 5) is 37.4. The number of carboxylic acid groups (broad SMARTS) is 1. The van der Waals surface area contributed by atoms with Crippen molar-refractivity contribution in [1.29, 1.82) is 0 Å². The minimum Gasteiger partial charge on any atom is -0.480 e. The van der Waals surface area contributed by atoms with Gasteiger partial charge in [0.25, 0.3) is 5.91 Å². The molecular weight excluding hydrogens is 355 g/mol. The first-order chi connectivity index (χ1) is 12.1. The lowest BCUT2D eigenvalue weighted by Crippen LogP contribution is -2.40. The van der Waals surface area contributed by atoms with Crippen molar-refractivity contribution >= 4 is 22.9 Å². The molecule has 1 heterocycles. The summed E-state index contributed by atoms with van der Waals surface area (Å²) in [5.41, 5.74) is -0.834. The third-order valence-electron chi connectivity index (χ3n) is 3.82. The summed E-state index contributed by atoms with van der Waals surface area (Å²) in [6, 6.07) is 2.62. The number of rotatable bonds is 7. The van der Waals surface area contributed by atoms with Gasteiger partial charge in [-0.25, -0.2) is 9.59 Å². The molecule has 1 atom stereocenters. The van der Waals surface area contributed by atoms with E-state index in [-0.39, 0.29) is 23.0 Å². The summed E-state index contributed by atoms with van der Waals surface area (Å²) in [7, 11) is 0. The van der Waals surface area contributed by atoms with Crippen molar-refractivity contribution < 1.29 is 27.9 Å². The van der Waals surface area contributed by atoms with Crippen LogP contribution in [0.15, 0.2) is 23.0 Å². The molecule has 2 aromatic rings. The van der Waals surface area contributed by atoms with Gasteiger partial charge in [0.2, 0.25) is 0 Å². The Balaban J connectivity index is 2.27. The zero-order valence-electron chi connectivity index (χ0n) is 13.9. The van der Waals surface area contributed by atoms with Gasteiger partial charge in [-0.15, -0.1) is 0 Å². The molecule has 0 saturated carbocycles. The Labute approximate surface area is 145 Å². The molecule has 0 aliphatic heterocycles. The number of carbonyl (C=O) groups is 2. The number of nitrogens with one attached hydrogen (secondary N) is 2. The average molecular weight is 373 g/mol. The van der Waals surface area contributed by atoms with E-state index in [9.17, 15) is 27.6 Å². The lowest BCUT2D eigenvalue weighted by Gasteiger charge is -2.14. The maximum absolute atomic E-state index is 12.6. The molecule has 0 aliphatic rings. The number of amides is 1. The summed E-state index contributed by atoms with van der Waals surface area (Å²) >= 11 is 0. The third-order valence-corrected chi connectivity index (χ3v) is 3.82. The van der Waals surface area contributed by atoms with E-state index in [1.807, 2.05) is 6.92 Å². The number of hydrogen-bond donors (Lipinski definition) is 3. The largest absolute Gasteiger partial charge is 0.480 e. The number of fused-ring (bicyclic) bond motifs is 1. The van der Waals surface area contributed by atoms with Crippen LogP contribution in [-0.4, -0.2) is 38.8 Å². The minimum atomic E-state index is -4.57. The van der Waals surface area contributed by atoms with Gasteiger partial charge in [-0.1, -0.05) is 19.8 Å². The van der Waals surface area contributed by atoms with Crippen molar-refractivity contribution in [3.05, 3.63) is 34.2 Å². The molecule has 0 fully saturated rings. The highest BCUT2D eigenvalue weighted by molar-refractivity contribution is 5.99. The van der Waals surface area contributed by atoms with Gasteiger partial charge in [-0.2, -0.15) is 13.2 Å². The summed E-state index contributed by atoms with van der Waals surface area (Å²) in [6.45, 7) is 0.437. The molecule has 0 unspecified atom stereocenters. The number of imidazole rings is 1. The van der Waals surface area contributed by atoms with Crippen molar-refractivity contribution in [2.75, 3.05) is 0 Å². The van der Waals surface area contributed by atoms with Gasteiger partial charge in [-0.3, -0.25) is 9.36 Å². The maximum Gasteiger partial charge on any atom is 0.406 e. The highest BCUT2D eigenvalue weighted by Crippen LogP contribution is 2.20. The van der Waals surface area contributed by atoms with Gasteiger partial charge in [0.05, 0.1) is 11.0 Å². The third kappa shape index (κ3) is 4.64. The quantitative estimate of drug-likeness (QED) is 0.692. The highest BCUT2D eigenvalue weighted by atomic mass is 19.4. The van der Waals surface area contributed by atoms with Gasteiger partial charge in [0, 0.05) is 5.56 Å². The van der Waals surface area contributed by atoms with Crippen molar-refractivity contribution in [3.8, 4) is 0 Å². The highest BCUT2D eigenvalue weighted by Gasteiger charge is 2.30. The van der Waals surface area contributed by atoms with Gasteiger partial charge in [0.1, 0.15) is 12.6 Å². The predicted octanol–water partition coefficient (Wildman–Crippen LogP) is 2.27. The number of alkyl halides is 3. The standard InChI is InChI=1S/C16H18F3N3O4/c1-2-3-4-10(14(24)25)20-13(23)9-5-6-12-11(7-9)21-15(26)22(12)8-16(17,18)19/h5-7,10H,2-4,8H2,1H3,(H,20,23)(H,21,26)(H,24,25)/t10-/m0/s1. The molecule has 142 valence electrons. The van der Waals surface area contributed by atoms with E-state index in [0.717, 1.165) is 6.42 Å². The van der Waals surface area contributed by atoms with Crippen molar-refractivity contribution in [2.24, 2.45) is 0 Å². The first-order valence-electron chi connectivity index (χ1n) is 7.95. The lowest BCUT2D eigenvalue weighted by molar-refractivity contribution is -0.141. The lowest BCUT2D eigenvalue weighted by atomic mass is 10.1. The van der Waals surface area contributed by atoms with E-state index < -0.39 is 36.3 Å². The number of benzene rings is 1. The molecule has 3 N–H and O–H groups in total. The molecule has 0 spiro atoms. The number of halogens is 3. The number of aromatic amines is 1. The minimum absolute atomic E-state index is 0.00430. The van der Waals surface area contributed by atoms with Gasteiger partial charge < -0.3 is 15.4 Å². The van der Waals surface area contributed by atoms with Crippen LogP contribution < -0.4 is 11.0 Å². The first kappa shape index (κ1) is 19.5. The summed E-state index contributed by atoms with van der Waals surface area (Å²) in [5, 5.41) is 11.5. The Kier molecular flexibility index (Phi) is 5.73. The number of nitrogens with zero attached hydrogens (tertiary/aromatic N) is 1. The Morgan fingerprint density at radius 1 is 1.35 bits per heavy atom. The van der Waals surface area contributed by atoms with Crippen LogP contribution in [0.3, 0.4) is 0 Å². The van der Waals surface area contributed by atoms with E-state index >= 15 is 0 Å². The van der Waals surface area contributed by atoms with Crippen LogP contribution in [0.4, 0.5) is 13.2 Å². The Bertz CT molecular complexity index is 870. The molecule has 10 heteroatoms. The van der Waals surface area contributed by atoms with Gasteiger partial charge in [0.15, 0.2) is 0 Å². The molecular formula is C16H18F3N3O4. The second-order valence-corrected chi connectivity index (χ2v) is 5.87. The van der Waals surface area contributed by atoms with E-state index in [4.69, 9.17) is 5.11 Å². The number of carboxylic acids is 1. The average Bonchev–Trinajstić information content (AvgIpc) is 2.84.